The Hall–Kier alpha value is -3.80. The van der Waals surface area contributed by atoms with E-state index in [0.29, 0.717) is 67.8 Å². The standard InChI is InChI=1S/C14H23ClN4O2S2.C14H24N6OS2.C11H22N6S2.C10H22N2O2S2.C4H2Cl2N2.C3H3ClO.C2H8N2/c1-14(2,3)21-13(20)17-6-8-23-22-7-4-5-16-12-9-11(15)18-10-19-12;1-2-14(21)18-7-6-17-13-10-12(19-11-20-13)16-5-3-8-22-23-9-4-15;12-2-5-15-11-8-10(16-9-17-11)14-4-1-6-18-19-7-3-13;1-10(2,3)14-9(13)12-6-8-16-15-7-4-5-11;5-3-1-4(6)8-2-7-3;1-2-3(4)5;3-1-2-4/h9-10H,4-8H2,1-3H3,(H,17,20)(H,16,18,19);2,10-11H,1,3-9,15H2,(H,18,21)(H2,16,17,19,20);8-9H,1-7,12-13H2,(H2,14,15,16,17);4-8,11H2,1-3H3,(H,12,13);1-2H;2H,1H2;1-4H2. The first-order valence-corrected chi connectivity index (χ1v) is 42.2. The molecule has 0 saturated carbocycles. The van der Waals surface area contributed by atoms with Crippen LogP contribution in [0, 0.1) is 0 Å². The predicted molar refractivity (Wildman–Crippen MR) is 431 cm³/mol. The van der Waals surface area contributed by atoms with Crippen molar-refractivity contribution < 1.29 is 28.7 Å². The van der Waals surface area contributed by atoms with Gasteiger partial charge in [0.25, 0.3) is 0 Å². The first-order chi connectivity index (χ1) is 46.9. The van der Waals surface area contributed by atoms with Crippen LogP contribution in [0.15, 0.2) is 74.9 Å². The molecule has 4 aromatic heterocycles. The van der Waals surface area contributed by atoms with E-state index >= 15 is 0 Å². The van der Waals surface area contributed by atoms with Crippen LogP contribution in [-0.2, 0) is 19.1 Å². The summed E-state index contributed by atoms with van der Waals surface area (Å²) in [6.45, 7) is 27.2. The van der Waals surface area contributed by atoms with E-state index in [4.69, 9.17) is 90.3 Å². The highest BCUT2D eigenvalue weighted by molar-refractivity contribution is 8.77. The molecule has 0 fully saturated rings. The number of ether oxygens (including phenoxy) is 2. The highest BCUT2D eigenvalue weighted by Crippen LogP contribution is 2.24. The minimum absolute atomic E-state index is 0.181. The van der Waals surface area contributed by atoms with Gasteiger partial charge in [0, 0.05) is 155 Å². The average molecular weight is 1600 g/mol. The molecule has 28 nitrogen and oxygen atoms in total. The van der Waals surface area contributed by atoms with Crippen molar-refractivity contribution in [2.45, 2.75) is 78.4 Å². The minimum Gasteiger partial charge on any atom is -0.444 e. The molecular formula is C58H104Cl4N22O6S8. The topological polar surface area (TPSA) is 442 Å². The predicted octanol–water partition coefficient (Wildman–Crippen LogP) is 10.0. The molecule has 0 atom stereocenters. The Morgan fingerprint density at radius 3 is 1.04 bits per heavy atom. The van der Waals surface area contributed by atoms with Gasteiger partial charge in [0.2, 0.25) is 11.1 Å². The second-order valence-corrected chi connectivity index (χ2v) is 32.5. The smallest absolute Gasteiger partial charge is 0.407 e. The Morgan fingerprint density at radius 2 is 0.724 bits per heavy atom. The van der Waals surface area contributed by atoms with Crippen molar-refractivity contribution in [2.24, 2.45) is 34.4 Å². The van der Waals surface area contributed by atoms with Gasteiger partial charge in [0.1, 0.15) is 81.1 Å². The number of alkyl carbamates (subject to hydrolysis) is 2. The molecule has 0 aliphatic carbocycles. The van der Waals surface area contributed by atoms with Crippen LogP contribution in [-0.4, -0.2) is 212 Å². The Morgan fingerprint density at radius 1 is 0.398 bits per heavy atom. The maximum absolute atomic E-state index is 11.4. The van der Waals surface area contributed by atoms with E-state index in [2.05, 4.69) is 95.6 Å². The molecule has 98 heavy (non-hydrogen) atoms. The van der Waals surface area contributed by atoms with E-state index in [1.807, 2.05) is 96.9 Å². The Bertz CT molecular complexity index is 2610. The number of nitrogens with zero attached hydrogens (tertiary/aromatic N) is 8. The highest BCUT2D eigenvalue weighted by atomic mass is 35.5. The number of hydrogen-bond acceptors (Lipinski definition) is 33. The first kappa shape index (κ1) is 98.4. The summed E-state index contributed by atoms with van der Waals surface area (Å²) in [5.41, 5.74) is 30.6. The number of carbonyl (C=O) groups is 4. The normalized spacial score (nSPS) is 10.2. The van der Waals surface area contributed by atoms with Crippen molar-refractivity contribution in [3.05, 3.63) is 90.3 Å². The largest absolute Gasteiger partial charge is 0.444 e. The number of nitrogens with two attached hydrogens (primary N) is 6. The summed E-state index contributed by atoms with van der Waals surface area (Å²) in [5, 5.41) is 24.8. The van der Waals surface area contributed by atoms with E-state index in [0.717, 1.165) is 146 Å². The molecule has 40 heteroatoms. The van der Waals surface area contributed by atoms with Gasteiger partial charge in [-0.3, -0.25) is 9.59 Å². The van der Waals surface area contributed by atoms with Gasteiger partial charge in [-0.1, -0.05) is 134 Å². The molecule has 558 valence electrons. The third-order valence-corrected chi connectivity index (χ3v) is 20.1. The van der Waals surface area contributed by atoms with Gasteiger partial charge in [-0.15, -0.1) is 0 Å². The van der Waals surface area contributed by atoms with Crippen molar-refractivity contribution in [3.63, 3.8) is 0 Å². The lowest BCUT2D eigenvalue weighted by atomic mass is 10.2. The zero-order chi connectivity index (χ0) is 73.8. The Kier molecular flexibility index (Phi) is 70.5. The van der Waals surface area contributed by atoms with Gasteiger partial charge in [-0.2, -0.15) is 0 Å². The van der Waals surface area contributed by atoms with E-state index in [9.17, 15) is 19.2 Å². The van der Waals surface area contributed by atoms with Crippen LogP contribution in [0.1, 0.15) is 67.2 Å². The fourth-order valence-electron chi connectivity index (χ4n) is 5.26. The monoisotopic (exact) mass is 1600 g/mol. The SMILES string of the molecule is C=CC(=O)Cl.C=CC(=O)NCCNc1cc(NCCCSSCCN)ncn1.CC(C)(C)OC(=O)NCCSSCCCN.CC(C)(C)OC(=O)NCCSSCCCNc1cc(Cl)ncn1.Clc1cc(Cl)ncn1.NCCN.NCCNc1cc(NCCCSSCCN)ncn1. The summed E-state index contributed by atoms with van der Waals surface area (Å²) in [6, 6.07) is 6.92. The number of nitrogens with one attached hydrogen (secondary N) is 8. The van der Waals surface area contributed by atoms with Gasteiger partial charge in [0.15, 0.2) is 0 Å². The van der Waals surface area contributed by atoms with Crippen LogP contribution in [0.2, 0.25) is 15.5 Å². The summed E-state index contributed by atoms with van der Waals surface area (Å²) >= 11 is 21.3. The highest BCUT2D eigenvalue weighted by Gasteiger charge is 2.16. The second kappa shape index (κ2) is 70.2. The van der Waals surface area contributed by atoms with E-state index in [1.54, 1.807) is 55.6 Å². The summed E-state index contributed by atoms with van der Waals surface area (Å²) < 4.78 is 10.3. The minimum atomic E-state index is -0.509. The van der Waals surface area contributed by atoms with Crippen molar-refractivity contribution in [2.75, 3.05) is 164 Å². The fourth-order valence-corrected chi connectivity index (χ4v) is 13.7. The summed E-state index contributed by atoms with van der Waals surface area (Å²) in [5.74, 6) is 11.7. The summed E-state index contributed by atoms with van der Waals surface area (Å²) in [6.07, 6.45) is 11.6. The molecule has 0 bridgehead atoms. The maximum Gasteiger partial charge on any atom is 0.407 e. The van der Waals surface area contributed by atoms with Crippen LogP contribution in [0.25, 0.3) is 0 Å². The molecule has 0 spiro atoms. The molecular weight excluding hydrogens is 1500 g/mol. The van der Waals surface area contributed by atoms with E-state index < -0.39 is 16.4 Å². The number of halogens is 4. The van der Waals surface area contributed by atoms with Gasteiger partial charge >= 0.3 is 12.2 Å². The van der Waals surface area contributed by atoms with E-state index in [-0.39, 0.29) is 18.1 Å². The molecule has 4 heterocycles. The number of anilines is 5. The van der Waals surface area contributed by atoms with Crippen LogP contribution in [0.3, 0.4) is 0 Å². The quantitative estimate of drug-likeness (QED) is 0.00644. The zero-order valence-electron chi connectivity index (χ0n) is 56.8. The van der Waals surface area contributed by atoms with Gasteiger partial charge < -0.3 is 86.4 Å². The van der Waals surface area contributed by atoms with Crippen molar-refractivity contribution in [1.29, 1.82) is 0 Å². The maximum atomic E-state index is 11.4. The summed E-state index contributed by atoms with van der Waals surface area (Å²) in [4.78, 5) is 74.8. The number of aromatic nitrogens is 8. The molecule has 4 aromatic rings. The molecule has 0 aliphatic heterocycles. The second-order valence-electron chi connectivity index (χ2n) is 20.2. The van der Waals surface area contributed by atoms with Crippen LogP contribution < -0.4 is 76.9 Å². The number of amides is 3. The van der Waals surface area contributed by atoms with E-state index in [1.165, 1.54) is 31.1 Å². The fraction of sp³-hybridized carbons (Fsp3) is 0.586. The number of allylic oxidation sites excluding steroid dienone is 1. The number of carbonyl (C=O) groups excluding carboxylic acids is 4. The Balaban J connectivity index is -0.00000114. The van der Waals surface area contributed by atoms with Gasteiger partial charge in [-0.25, -0.2) is 49.5 Å². The molecule has 0 aromatic carbocycles. The number of hydrogen-bond donors (Lipinski definition) is 14. The molecule has 3 amide bonds. The first-order valence-electron chi connectivity index (χ1n) is 30.7. The van der Waals surface area contributed by atoms with Crippen LogP contribution in [0.5, 0.6) is 0 Å². The number of rotatable bonds is 42. The van der Waals surface area contributed by atoms with Crippen LogP contribution in [0.4, 0.5) is 38.7 Å². The van der Waals surface area contributed by atoms with Crippen LogP contribution >= 0.6 is 133 Å². The summed E-state index contributed by atoms with van der Waals surface area (Å²) in [7, 11) is 14.4. The molecule has 4 rings (SSSR count). The lowest BCUT2D eigenvalue weighted by Crippen LogP contribution is -2.33. The molecule has 20 N–H and O–H groups in total. The molecule has 0 unspecified atom stereocenters. The molecule has 0 saturated heterocycles. The molecule has 0 aliphatic rings. The van der Waals surface area contributed by atoms with Crippen molar-refractivity contribution in [1.82, 2.24) is 55.8 Å². The zero-order valence-corrected chi connectivity index (χ0v) is 66.4. The average Bonchev–Trinajstić information content (AvgIpc) is 1.01. The van der Waals surface area contributed by atoms with Gasteiger partial charge in [0.05, 0.1) is 0 Å². The third kappa shape index (κ3) is 74.9. The Labute approximate surface area is 631 Å². The van der Waals surface area contributed by atoms with Crippen molar-refractivity contribution >= 4 is 185 Å². The van der Waals surface area contributed by atoms with Crippen molar-refractivity contribution in [3.8, 4) is 0 Å². The lowest BCUT2D eigenvalue weighted by molar-refractivity contribution is -0.116. The third-order valence-electron chi connectivity index (χ3n) is 9.27. The molecule has 0 radical (unpaired) electrons. The van der Waals surface area contributed by atoms with Gasteiger partial charge in [-0.05, 0) is 97.5 Å². The lowest BCUT2D eigenvalue weighted by Gasteiger charge is -2.19.